The lowest BCUT2D eigenvalue weighted by Gasteiger charge is -2.17. The van der Waals surface area contributed by atoms with Crippen LogP contribution in [0, 0.1) is 5.41 Å². The number of rotatable bonds is 2. The molecule has 0 aliphatic carbocycles. The van der Waals surface area contributed by atoms with Crippen molar-refractivity contribution in [2.24, 2.45) is 5.41 Å². The first-order valence-electron chi connectivity index (χ1n) is 10.5. The zero-order valence-corrected chi connectivity index (χ0v) is 17.0. The summed E-state index contributed by atoms with van der Waals surface area (Å²) in [7, 11) is 0. The minimum absolute atomic E-state index is 0.00987. The van der Waals surface area contributed by atoms with Crippen LogP contribution in [0.25, 0.3) is 42.3 Å². The minimum atomic E-state index is 0.00987. The van der Waals surface area contributed by atoms with E-state index in [-0.39, 0.29) is 11.7 Å². The van der Waals surface area contributed by atoms with Crippen molar-refractivity contribution in [3.05, 3.63) is 72.5 Å². The van der Waals surface area contributed by atoms with Gasteiger partial charge in [-0.2, -0.15) is 0 Å². The lowest BCUT2D eigenvalue weighted by molar-refractivity contribution is 0.411. The third-order valence-electron chi connectivity index (χ3n) is 4.93. The summed E-state index contributed by atoms with van der Waals surface area (Å²) >= 11 is 1.67. The Balaban J connectivity index is 1.75. The third-order valence-corrected chi connectivity index (χ3v) is 6.08. The average molecular weight is 385 g/mol. The molecule has 3 aromatic carbocycles. The van der Waals surface area contributed by atoms with Crippen molar-refractivity contribution in [2.45, 2.75) is 27.2 Å². The van der Waals surface area contributed by atoms with Gasteiger partial charge in [-0.15, -0.1) is 11.3 Å². The summed E-state index contributed by atoms with van der Waals surface area (Å²) in [5.74, 6) is 0. The van der Waals surface area contributed by atoms with Gasteiger partial charge in [0.1, 0.15) is 7.67 Å². The summed E-state index contributed by atoms with van der Waals surface area (Å²) in [6.07, 6.45) is 1.02. The molecule has 0 spiro atoms. The van der Waals surface area contributed by atoms with Gasteiger partial charge in [-0.05, 0) is 40.3 Å². The lowest BCUT2D eigenvalue weighted by atomic mass is 9.88. The largest absolute Gasteiger partial charge is 0.235 e. The molecule has 0 amide bonds. The highest BCUT2D eigenvalue weighted by atomic mass is 32.1. The van der Waals surface area contributed by atoms with Crippen molar-refractivity contribution in [1.29, 1.82) is 0 Å². The van der Waals surface area contributed by atoms with Crippen molar-refractivity contribution in [3.8, 4) is 11.3 Å². The van der Waals surface area contributed by atoms with Crippen LogP contribution in [0.4, 0.5) is 0 Å². The second-order valence-corrected chi connectivity index (χ2v) is 9.55. The number of aromatic nitrogens is 2. The van der Waals surface area contributed by atoms with Crippen LogP contribution in [0.1, 0.15) is 29.1 Å². The molecule has 0 fully saturated rings. The molecule has 0 bridgehead atoms. The second kappa shape index (κ2) is 6.39. The smallest absolute Gasteiger partial charge is 0.116 e. The van der Waals surface area contributed by atoms with Gasteiger partial charge in [0, 0.05) is 15.6 Å². The summed E-state index contributed by atoms with van der Waals surface area (Å²) < 4.78 is 18.8. The number of benzene rings is 3. The standard InChI is InChI=1S/C25H22N2S/c1-25(2,3)14-16-8-11-20-21(12-16)28-24-22(26-15-27-23(20)24)19-10-9-17-6-4-5-7-18(17)13-19/h4-13,15H,14H2,1-3H3/i9D,15D. The van der Waals surface area contributed by atoms with E-state index in [1.54, 1.807) is 11.3 Å². The summed E-state index contributed by atoms with van der Waals surface area (Å²) in [6, 6.07) is 18.8. The Morgan fingerprint density at radius 3 is 2.61 bits per heavy atom. The Morgan fingerprint density at radius 2 is 1.79 bits per heavy atom. The molecule has 2 heterocycles. The molecular weight excluding hydrogens is 360 g/mol. The first kappa shape index (κ1) is 15.2. The summed E-state index contributed by atoms with van der Waals surface area (Å²) in [5.41, 5.74) is 3.96. The minimum Gasteiger partial charge on any atom is -0.235 e. The van der Waals surface area contributed by atoms with E-state index in [2.05, 4.69) is 55.0 Å². The summed E-state index contributed by atoms with van der Waals surface area (Å²) in [6.45, 7) is 6.74. The van der Waals surface area contributed by atoms with Crippen LogP contribution >= 0.6 is 11.3 Å². The van der Waals surface area contributed by atoms with Crippen LogP contribution in [-0.2, 0) is 6.42 Å². The molecular formula is C25H22N2S. The van der Waals surface area contributed by atoms with Crippen LogP contribution < -0.4 is 0 Å². The molecule has 28 heavy (non-hydrogen) atoms. The first-order chi connectivity index (χ1) is 14.3. The highest BCUT2D eigenvalue weighted by Crippen LogP contribution is 2.39. The van der Waals surface area contributed by atoms with E-state index in [0.717, 1.165) is 44.1 Å². The van der Waals surface area contributed by atoms with Gasteiger partial charge < -0.3 is 0 Å². The zero-order chi connectivity index (χ0) is 21.0. The van der Waals surface area contributed by atoms with Crippen LogP contribution in [0.5, 0.6) is 0 Å². The summed E-state index contributed by atoms with van der Waals surface area (Å²) in [4.78, 5) is 8.94. The molecule has 0 saturated carbocycles. The number of thiophene rings is 1. The van der Waals surface area contributed by atoms with Gasteiger partial charge in [-0.1, -0.05) is 69.3 Å². The Labute approximate surface area is 171 Å². The van der Waals surface area contributed by atoms with Gasteiger partial charge in [-0.25, -0.2) is 9.97 Å². The molecule has 0 unspecified atom stereocenters. The fraction of sp³-hybridized carbons (Fsp3) is 0.200. The van der Waals surface area contributed by atoms with Crippen LogP contribution in [0.2, 0.25) is 0 Å². The van der Waals surface area contributed by atoms with E-state index >= 15 is 0 Å². The van der Waals surface area contributed by atoms with E-state index < -0.39 is 0 Å². The predicted octanol–water partition coefficient (Wildman–Crippen LogP) is 7.25. The van der Waals surface area contributed by atoms with Crippen molar-refractivity contribution in [2.75, 3.05) is 0 Å². The number of hydrogen-bond donors (Lipinski definition) is 0. The Hall–Kier alpha value is -2.78. The average Bonchev–Trinajstić information content (AvgIpc) is 3.03. The number of nitrogens with zero attached hydrogens (tertiary/aromatic N) is 2. The van der Waals surface area contributed by atoms with Gasteiger partial charge in [-0.3, -0.25) is 0 Å². The lowest BCUT2D eigenvalue weighted by Crippen LogP contribution is -2.08. The molecule has 0 aliphatic rings. The van der Waals surface area contributed by atoms with Gasteiger partial charge in [0.15, 0.2) is 0 Å². The Morgan fingerprint density at radius 1 is 0.964 bits per heavy atom. The van der Waals surface area contributed by atoms with E-state index in [1.807, 2.05) is 30.3 Å². The first-order valence-corrected chi connectivity index (χ1v) is 10.3. The Kier molecular flexibility index (Phi) is 3.46. The topological polar surface area (TPSA) is 25.8 Å². The fourth-order valence-electron chi connectivity index (χ4n) is 3.75. The number of fused-ring (bicyclic) bond motifs is 4. The maximum Gasteiger partial charge on any atom is 0.116 e. The molecule has 0 radical (unpaired) electrons. The molecule has 138 valence electrons. The molecule has 3 heteroatoms. The normalized spacial score (nSPS) is 13.2. The molecule has 2 nitrogen and oxygen atoms in total. The van der Waals surface area contributed by atoms with Crippen LogP contribution in [-0.4, -0.2) is 9.97 Å². The third kappa shape index (κ3) is 3.06. The highest BCUT2D eigenvalue weighted by molar-refractivity contribution is 7.26. The van der Waals surface area contributed by atoms with Gasteiger partial charge in [0.25, 0.3) is 0 Å². The van der Waals surface area contributed by atoms with E-state index in [4.69, 9.17) is 2.74 Å². The van der Waals surface area contributed by atoms with Crippen molar-refractivity contribution < 1.29 is 2.74 Å². The SMILES string of the molecule is [2H]c1nc(-c2cc([2H])c3ccccc3c2)c2sc3cc(CC(C)(C)C)ccc3c2n1. The van der Waals surface area contributed by atoms with Crippen molar-refractivity contribution >= 4 is 42.4 Å². The van der Waals surface area contributed by atoms with Gasteiger partial charge in [0.2, 0.25) is 0 Å². The molecule has 0 aliphatic heterocycles. The summed E-state index contributed by atoms with van der Waals surface area (Å²) in [5, 5.41) is 2.99. The molecule has 5 aromatic rings. The Bertz CT molecular complexity index is 1430. The van der Waals surface area contributed by atoms with Crippen LogP contribution in [0.15, 0.2) is 66.9 Å². The van der Waals surface area contributed by atoms with Gasteiger partial charge in [0.05, 0.1) is 17.3 Å². The fourth-order valence-corrected chi connectivity index (χ4v) is 4.97. The van der Waals surface area contributed by atoms with Crippen LogP contribution in [0.3, 0.4) is 0 Å². The quantitative estimate of drug-likeness (QED) is 0.320. The monoisotopic (exact) mass is 384 g/mol. The molecule has 0 saturated heterocycles. The molecule has 0 N–H and O–H groups in total. The van der Waals surface area contributed by atoms with E-state index in [0.29, 0.717) is 6.04 Å². The second-order valence-electron chi connectivity index (χ2n) is 8.50. The highest BCUT2D eigenvalue weighted by Gasteiger charge is 2.16. The van der Waals surface area contributed by atoms with Crippen molar-refractivity contribution in [1.82, 2.24) is 9.97 Å². The molecule has 5 rings (SSSR count). The predicted molar refractivity (Wildman–Crippen MR) is 121 cm³/mol. The zero-order valence-electron chi connectivity index (χ0n) is 18.2. The van der Waals surface area contributed by atoms with E-state index in [9.17, 15) is 0 Å². The maximum atomic E-state index is 8.45. The van der Waals surface area contributed by atoms with Gasteiger partial charge >= 0.3 is 0 Å². The van der Waals surface area contributed by atoms with Crippen molar-refractivity contribution in [3.63, 3.8) is 0 Å². The van der Waals surface area contributed by atoms with E-state index in [1.165, 1.54) is 10.3 Å². The molecule has 2 aromatic heterocycles. The molecule has 0 atom stereocenters. The number of hydrogen-bond acceptors (Lipinski definition) is 3. The maximum absolute atomic E-state index is 8.45.